The molecule has 172 valence electrons. The van der Waals surface area contributed by atoms with Gasteiger partial charge in [0.05, 0.1) is 12.6 Å². The van der Waals surface area contributed by atoms with E-state index in [2.05, 4.69) is 15.6 Å². The molecule has 0 aromatic heterocycles. The van der Waals surface area contributed by atoms with E-state index in [4.69, 9.17) is 0 Å². The van der Waals surface area contributed by atoms with Gasteiger partial charge in [0.1, 0.15) is 11.6 Å². The molecule has 1 aliphatic heterocycles. The number of hydrogen-bond acceptors (Lipinski definition) is 3. The number of hydrogen-bond donors (Lipinski definition) is 2. The van der Waals surface area contributed by atoms with E-state index in [1.54, 1.807) is 19.0 Å². The van der Waals surface area contributed by atoms with Crippen LogP contribution in [0.5, 0.6) is 0 Å². The van der Waals surface area contributed by atoms with Crippen LogP contribution in [0.2, 0.25) is 0 Å². The standard InChI is InChI=1S/C23H35F2N5O/c1-4-26-23(27-14-20(29(2)3)21-18(24)10-7-11-19(21)25)28-17-12-13-30(15-17)22(31)16-8-5-6-9-16/h7,10-11,16-17,20H,4-6,8-9,12-15H2,1-3H3,(H2,26,27,28). The van der Waals surface area contributed by atoms with Crippen molar-refractivity contribution in [1.82, 2.24) is 20.4 Å². The van der Waals surface area contributed by atoms with Crippen LogP contribution in [0, 0.1) is 17.6 Å². The highest BCUT2D eigenvalue weighted by Crippen LogP contribution is 2.28. The molecule has 2 unspecified atom stereocenters. The zero-order valence-electron chi connectivity index (χ0n) is 18.8. The fourth-order valence-corrected chi connectivity index (χ4v) is 4.54. The maximum atomic E-state index is 14.3. The van der Waals surface area contributed by atoms with Crippen LogP contribution in [-0.2, 0) is 4.79 Å². The third-order valence-corrected chi connectivity index (χ3v) is 6.27. The number of aliphatic imine (C=N–C) groups is 1. The third-order valence-electron chi connectivity index (χ3n) is 6.27. The zero-order valence-corrected chi connectivity index (χ0v) is 18.8. The Morgan fingerprint density at radius 2 is 1.90 bits per heavy atom. The molecule has 1 aliphatic carbocycles. The number of amides is 1. The number of guanidine groups is 1. The van der Waals surface area contributed by atoms with Crippen LogP contribution in [0.3, 0.4) is 0 Å². The van der Waals surface area contributed by atoms with Crippen LogP contribution in [0.4, 0.5) is 8.78 Å². The molecule has 3 rings (SSSR count). The van der Waals surface area contributed by atoms with E-state index < -0.39 is 17.7 Å². The molecule has 8 heteroatoms. The number of nitrogens with zero attached hydrogens (tertiary/aromatic N) is 3. The number of rotatable bonds is 7. The minimum absolute atomic E-state index is 0.0290. The fourth-order valence-electron chi connectivity index (χ4n) is 4.54. The van der Waals surface area contributed by atoms with Crippen molar-refractivity contribution >= 4 is 11.9 Å². The molecule has 1 saturated carbocycles. The summed E-state index contributed by atoms with van der Waals surface area (Å²) in [4.78, 5) is 21.0. The average molecular weight is 436 g/mol. The molecule has 2 aliphatic rings. The lowest BCUT2D eigenvalue weighted by atomic mass is 10.0. The zero-order chi connectivity index (χ0) is 22.4. The molecule has 31 heavy (non-hydrogen) atoms. The number of carbonyl (C=O) groups is 1. The van der Waals surface area contributed by atoms with Crippen LogP contribution in [0.25, 0.3) is 0 Å². The fraction of sp³-hybridized carbons (Fsp3) is 0.652. The molecule has 1 amide bonds. The molecule has 2 atom stereocenters. The second-order valence-electron chi connectivity index (χ2n) is 8.73. The number of nitrogens with one attached hydrogen (secondary N) is 2. The molecule has 1 aromatic rings. The second kappa shape index (κ2) is 10.9. The van der Waals surface area contributed by atoms with Gasteiger partial charge in [0, 0.05) is 37.2 Å². The first-order valence-corrected chi connectivity index (χ1v) is 11.3. The van der Waals surface area contributed by atoms with Crippen LogP contribution in [0.15, 0.2) is 23.2 Å². The van der Waals surface area contributed by atoms with Gasteiger partial charge in [-0.25, -0.2) is 8.78 Å². The Morgan fingerprint density at radius 1 is 1.23 bits per heavy atom. The minimum Gasteiger partial charge on any atom is -0.357 e. The van der Waals surface area contributed by atoms with Gasteiger partial charge < -0.3 is 20.4 Å². The summed E-state index contributed by atoms with van der Waals surface area (Å²) in [5, 5.41) is 6.62. The van der Waals surface area contributed by atoms with Gasteiger partial charge in [0.15, 0.2) is 5.96 Å². The summed E-state index contributed by atoms with van der Waals surface area (Å²) in [6, 6.07) is 3.51. The van der Waals surface area contributed by atoms with Gasteiger partial charge in [-0.15, -0.1) is 0 Å². The summed E-state index contributed by atoms with van der Waals surface area (Å²) in [5.41, 5.74) is 0.0290. The van der Waals surface area contributed by atoms with Gasteiger partial charge in [-0.3, -0.25) is 9.79 Å². The summed E-state index contributed by atoms with van der Waals surface area (Å²) >= 11 is 0. The first-order valence-electron chi connectivity index (χ1n) is 11.3. The molecule has 0 bridgehead atoms. The van der Waals surface area contributed by atoms with Crippen molar-refractivity contribution in [2.45, 2.75) is 51.1 Å². The van der Waals surface area contributed by atoms with Crippen LogP contribution >= 0.6 is 0 Å². The first-order chi connectivity index (χ1) is 14.9. The van der Waals surface area contributed by atoms with Gasteiger partial charge in [-0.05, 0) is 52.4 Å². The predicted molar refractivity (Wildman–Crippen MR) is 119 cm³/mol. The van der Waals surface area contributed by atoms with E-state index in [9.17, 15) is 13.6 Å². The lowest BCUT2D eigenvalue weighted by Crippen LogP contribution is -2.45. The Morgan fingerprint density at radius 3 is 2.52 bits per heavy atom. The van der Waals surface area contributed by atoms with Gasteiger partial charge >= 0.3 is 0 Å². The molecule has 1 aromatic carbocycles. The van der Waals surface area contributed by atoms with Crippen LogP contribution in [-0.4, -0.2) is 68.0 Å². The van der Waals surface area contributed by atoms with Gasteiger partial charge in [-0.1, -0.05) is 18.9 Å². The Labute approximate surface area is 184 Å². The smallest absolute Gasteiger partial charge is 0.225 e. The molecule has 0 radical (unpaired) electrons. The molecule has 0 spiro atoms. The van der Waals surface area contributed by atoms with Gasteiger partial charge in [-0.2, -0.15) is 0 Å². The quantitative estimate of drug-likeness (QED) is 0.511. The molecular weight excluding hydrogens is 400 g/mol. The Balaban J connectivity index is 1.65. The summed E-state index contributed by atoms with van der Waals surface area (Å²) in [5.74, 6) is -0.0534. The maximum absolute atomic E-state index is 14.3. The van der Waals surface area contributed by atoms with Gasteiger partial charge in [0.2, 0.25) is 5.91 Å². The van der Waals surface area contributed by atoms with Crippen molar-refractivity contribution in [2.75, 3.05) is 40.3 Å². The average Bonchev–Trinajstić information content (AvgIpc) is 3.41. The van der Waals surface area contributed by atoms with E-state index in [0.717, 1.165) is 38.6 Å². The molecule has 2 fully saturated rings. The summed E-state index contributed by atoms with van der Waals surface area (Å²) in [6.07, 6.45) is 5.19. The van der Waals surface area contributed by atoms with Crippen molar-refractivity contribution in [3.63, 3.8) is 0 Å². The topological polar surface area (TPSA) is 60.0 Å². The Hall–Kier alpha value is -2.22. The monoisotopic (exact) mass is 435 g/mol. The number of carbonyl (C=O) groups excluding carboxylic acids is 1. The lowest BCUT2D eigenvalue weighted by Gasteiger charge is -2.25. The number of benzene rings is 1. The number of likely N-dealkylation sites (tertiary alicyclic amines) is 1. The van der Waals surface area contributed by atoms with E-state index in [1.165, 1.54) is 18.2 Å². The largest absolute Gasteiger partial charge is 0.357 e. The molecular formula is C23H35F2N5O. The predicted octanol–water partition coefficient (Wildman–Crippen LogP) is 2.91. The van der Waals surface area contributed by atoms with Crippen molar-refractivity contribution in [3.8, 4) is 0 Å². The van der Waals surface area contributed by atoms with Crippen molar-refractivity contribution in [3.05, 3.63) is 35.4 Å². The molecule has 1 saturated heterocycles. The third kappa shape index (κ3) is 5.93. The van der Waals surface area contributed by atoms with Crippen LogP contribution < -0.4 is 10.6 Å². The highest BCUT2D eigenvalue weighted by atomic mass is 19.1. The molecule has 6 nitrogen and oxygen atoms in total. The second-order valence-corrected chi connectivity index (χ2v) is 8.73. The maximum Gasteiger partial charge on any atom is 0.225 e. The highest BCUT2D eigenvalue weighted by molar-refractivity contribution is 5.81. The van der Waals surface area contributed by atoms with E-state index in [1.807, 2.05) is 11.8 Å². The molecule has 1 heterocycles. The van der Waals surface area contributed by atoms with E-state index >= 15 is 0 Å². The van der Waals surface area contributed by atoms with Crippen molar-refractivity contribution in [1.29, 1.82) is 0 Å². The minimum atomic E-state index is -0.566. The first kappa shape index (κ1) is 23.4. The summed E-state index contributed by atoms with van der Waals surface area (Å²) in [7, 11) is 3.58. The Bertz CT molecular complexity index is 759. The number of likely N-dealkylation sites (N-methyl/N-ethyl adjacent to an activating group) is 1. The van der Waals surface area contributed by atoms with Crippen LogP contribution in [0.1, 0.15) is 50.6 Å². The number of halogens is 2. The SMILES string of the molecule is CCNC(=NCC(c1c(F)cccc1F)N(C)C)NC1CCN(C(=O)C2CCCC2)C1. The van der Waals surface area contributed by atoms with E-state index in [-0.39, 0.29) is 30.0 Å². The lowest BCUT2D eigenvalue weighted by molar-refractivity contribution is -0.134. The summed E-state index contributed by atoms with van der Waals surface area (Å²) < 4.78 is 28.6. The highest BCUT2D eigenvalue weighted by Gasteiger charge is 2.32. The van der Waals surface area contributed by atoms with Gasteiger partial charge in [0.25, 0.3) is 0 Å². The van der Waals surface area contributed by atoms with Crippen molar-refractivity contribution < 1.29 is 13.6 Å². The van der Waals surface area contributed by atoms with E-state index in [0.29, 0.717) is 19.0 Å². The molecule has 2 N–H and O–H groups in total. The normalized spacial score (nSPS) is 21.0. The van der Waals surface area contributed by atoms with Crippen molar-refractivity contribution in [2.24, 2.45) is 10.9 Å². The Kier molecular flexibility index (Phi) is 8.23. The summed E-state index contributed by atoms with van der Waals surface area (Å²) in [6.45, 7) is 4.27.